The Kier molecular flexibility index (Phi) is 5.82. The molecule has 120 valence electrons. The van der Waals surface area contributed by atoms with Gasteiger partial charge in [-0.15, -0.1) is 0 Å². The van der Waals surface area contributed by atoms with Gasteiger partial charge in [-0.2, -0.15) is 0 Å². The summed E-state index contributed by atoms with van der Waals surface area (Å²) in [7, 11) is 0. The summed E-state index contributed by atoms with van der Waals surface area (Å²) in [6.45, 7) is 10.4. The first-order valence-corrected chi connectivity index (χ1v) is 7.92. The van der Waals surface area contributed by atoms with E-state index in [0.717, 1.165) is 78.9 Å². The molecule has 21 heavy (non-hydrogen) atoms. The molecule has 0 aliphatic carbocycles. The van der Waals surface area contributed by atoms with Crippen LogP contribution >= 0.6 is 0 Å². The van der Waals surface area contributed by atoms with Crippen LogP contribution in [0.3, 0.4) is 0 Å². The van der Waals surface area contributed by atoms with Crippen LogP contribution in [-0.4, -0.2) is 106 Å². The molecule has 3 heterocycles. The maximum absolute atomic E-state index is 5.47. The fraction of sp³-hybridized carbons (Fsp3) is 0.929. The highest BCUT2D eigenvalue weighted by atomic mass is 16.5. The summed E-state index contributed by atoms with van der Waals surface area (Å²) >= 11 is 0. The van der Waals surface area contributed by atoms with E-state index < -0.39 is 0 Å². The summed E-state index contributed by atoms with van der Waals surface area (Å²) in [5.41, 5.74) is 0. The van der Waals surface area contributed by atoms with Crippen molar-refractivity contribution in [2.45, 2.75) is 6.29 Å². The van der Waals surface area contributed by atoms with Gasteiger partial charge < -0.3 is 19.1 Å². The number of nitrogens with zero attached hydrogens (tertiary/aromatic N) is 4. The minimum atomic E-state index is 0.112. The predicted molar refractivity (Wildman–Crippen MR) is 79.5 cm³/mol. The molecule has 0 aromatic rings. The molecule has 0 bridgehead atoms. The van der Waals surface area contributed by atoms with Gasteiger partial charge in [-0.3, -0.25) is 9.80 Å². The third-order valence-corrected chi connectivity index (χ3v) is 4.15. The minimum Gasteiger partial charge on any atom is -0.379 e. The number of aliphatic imine (C=N–C) groups is 1. The molecule has 7 nitrogen and oxygen atoms in total. The molecule has 0 aromatic carbocycles. The lowest BCUT2D eigenvalue weighted by atomic mass is 10.3. The monoisotopic (exact) mass is 298 g/mol. The van der Waals surface area contributed by atoms with E-state index in [9.17, 15) is 0 Å². The van der Waals surface area contributed by atoms with Crippen LogP contribution in [0.5, 0.6) is 0 Å². The van der Waals surface area contributed by atoms with E-state index in [4.69, 9.17) is 19.2 Å². The fourth-order valence-electron chi connectivity index (χ4n) is 2.88. The second-order valence-electron chi connectivity index (χ2n) is 5.56. The van der Waals surface area contributed by atoms with Crippen molar-refractivity contribution >= 4 is 6.34 Å². The van der Waals surface area contributed by atoms with E-state index in [0.29, 0.717) is 0 Å². The normalized spacial score (nSPS) is 26.8. The summed E-state index contributed by atoms with van der Waals surface area (Å²) in [6.07, 6.45) is 2.12. The third-order valence-electron chi connectivity index (χ3n) is 4.15. The number of rotatable bonds is 4. The SMILES string of the molecule is C(=N\C(N1CCOCC1)N1CCOCC1)/N1CCOCC1. The highest BCUT2D eigenvalue weighted by molar-refractivity contribution is 5.55. The Balaban J connectivity index is 1.63. The zero-order valence-electron chi connectivity index (χ0n) is 12.7. The van der Waals surface area contributed by atoms with Crippen molar-refractivity contribution in [3.8, 4) is 0 Å². The second kappa shape index (κ2) is 8.05. The first-order chi connectivity index (χ1) is 10.4. The first kappa shape index (κ1) is 15.2. The van der Waals surface area contributed by atoms with E-state index in [1.165, 1.54) is 0 Å². The maximum atomic E-state index is 5.47. The molecule has 7 heteroatoms. The third kappa shape index (κ3) is 4.37. The fourth-order valence-corrected chi connectivity index (χ4v) is 2.88. The van der Waals surface area contributed by atoms with Gasteiger partial charge in [-0.1, -0.05) is 0 Å². The van der Waals surface area contributed by atoms with E-state index in [1.54, 1.807) is 0 Å². The van der Waals surface area contributed by atoms with Crippen LogP contribution < -0.4 is 0 Å². The molecule has 3 aliphatic rings. The predicted octanol–water partition coefficient (Wildman–Crippen LogP) is -0.705. The van der Waals surface area contributed by atoms with Gasteiger partial charge in [-0.05, 0) is 0 Å². The van der Waals surface area contributed by atoms with Crippen molar-refractivity contribution in [1.82, 2.24) is 14.7 Å². The zero-order chi connectivity index (χ0) is 14.3. The van der Waals surface area contributed by atoms with Crippen molar-refractivity contribution in [1.29, 1.82) is 0 Å². The van der Waals surface area contributed by atoms with E-state index in [2.05, 4.69) is 14.7 Å². The Morgan fingerprint density at radius 1 is 0.667 bits per heavy atom. The Bertz CT molecular complexity index is 306. The Labute approximate surface area is 126 Å². The second-order valence-corrected chi connectivity index (χ2v) is 5.56. The summed E-state index contributed by atoms with van der Waals surface area (Å²) < 4.78 is 16.3. The highest BCUT2D eigenvalue weighted by Crippen LogP contribution is 2.12. The van der Waals surface area contributed by atoms with Crippen LogP contribution in [0.1, 0.15) is 0 Å². The Morgan fingerprint density at radius 3 is 1.57 bits per heavy atom. The van der Waals surface area contributed by atoms with Crippen molar-refractivity contribution in [2.24, 2.45) is 4.99 Å². The van der Waals surface area contributed by atoms with Crippen LogP contribution in [0.25, 0.3) is 0 Å². The highest BCUT2D eigenvalue weighted by Gasteiger charge is 2.27. The number of hydrogen-bond donors (Lipinski definition) is 0. The van der Waals surface area contributed by atoms with Gasteiger partial charge in [0, 0.05) is 39.3 Å². The summed E-state index contributed by atoms with van der Waals surface area (Å²) in [5, 5.41) is 0. The van der Waals surface area contributed by atoms with E-state index >= 15 is 0 Å². The molecule has 3 fully saturated rings. The van der Waals surface area contributed by atoms with Crippen molar-refractivity contribution in [2.75, 3.05) is 78.9 Å². The lowest BCUT2D eigenvalue weighted by molar-refractivity contribution is -0.0627. The molecule has 0 saturated carbocycles. The van der Waals surface area contributed by atoms with Gasteiger partial charge in [0.2, 0.25) is 0 Å². The van der Waals surface area contributed by atoms with Crippen LogP contribution in [0.15, 0.2) is 4.99 Å². The summed E-state index contributed by atoms with van der Waals surface area (Å²) in [5.74, 6) is 0. The van der Waals surface area contributed by atoms with Crippen molar-refractivity contribution < 1.29 is 14.2 Å². The molecule has 0 radical (unpaired) electrons. The largest absolute Gasteiger partial charge is 0.379 e. The van der Waals surface area contributed by atoms with Crippen molar-refractivity contribution in [3.05, 3.63) is 0 Å². The smallest absolute Gasteiger partial charge is 0.160 e. The molecule has 0 atom stereocenters. The summed E-state index contributed by atoms with van der Waals surface area (Å²) in [4.78, 5) is 11.9. The maximum Gasteiger partial charge on any atom is 0.160 e. The minimum absolute atomic E-state index is 0.112. The van der Waals surface area contributed by atoms with E-state index in [1.807, 2.05) is 6.34 Å². The Morgan fingerprint density at radius 2 is 1.10 bits per heavy atom. The van der Waals surface area contributed by atoms with Gasteiger partial charge >= 0.3 is 0 Å². The molecule has 0 N–H and O–H groups in total. The molecule has 3 saturated heterocycles. The molecule has 0 aromatic heterocycles. The van der Waals surface area contributed by atoms with Crippen LogP contribution in [0.2, 0.25) is 0 Å². The number of morpholine rings is 3. The molecule has 0 unspecified atom stereocenters. The van der Waals surface area contributed by atoms with Crippen LogP contribution in [-0.2, 0) is 14.2 Å². The standard InChI is InChI=1S/C14H26N4O3/c1-7-19-8-2-16(1)13-15-14(17-3-9-20-10-4-17)18-5-11-21-12-6-18/h13-14H,1-12H2/b15-13+. The molecule has 3 aliphatic heterocycles. The number of ether oxygens (including phenoxy) is 3. The van der Waals surface area contributed by atoms with Crippen LogP contribution in [0, 0.1) is 0 Å². The average Bonchev–Trinajstić information content (AvgIpc) is 2.58. The molecule has 0 amide bonds. The lowest BCUT2D eigenvalue weighted by Crippen LogP contribution is -2.54. The molecule has 3 rings (SSSR count). The number of hydrogen-bond acceptors (Lipinski definition) is 6. The zero-order valence-corrected chi connectivity index (χ0v) is 12.7. The van der Waals surface area contributed by atoms with E-state index in [-0.39, 0.29) is 6.29 Å². The van der Waals surface area contributed by atoms with Gasteiger partial charge in [-0.25, -0.2) is 4.99 Å². The van der Waals surface area contributed by atoms with Gasteiger partial charge in [0.05, 0.1) is 46.0 Å². The Hall–Kier alpha value is -0.730. The molecular formula is C14H26N4O3. The quantitative estimate of drug-likeness (QED) is 0.505. The molecular weight excluding hydrogens is 272 g/mol. The first-order valence-electron chi connectivity index (χ1n) is 7.92. The molecule has 0 spiro atoms. The van der Waals surface area contributed by atoms with Crippen LogP contribution in [0.4, 0.5) is 0 Å². The average molecular weight is 298 g/mol. The lowest BCUT2D eigenvalue weighted by Gasteiger charge is -2.40. The topological polar surface area (TPSA) is 49.8 Å². The van der Waals surface area contributed by atoms with Gasteiger partial charge in [0.25, 0.3) is 0 Å². The van der Waals surface area contributed by atoms with Crippen molar-refractivity contribution in [3.63, 3.8) is 0 Å². The summed E-state index contributed by atoms with van der Waals surface area (Å²) in [6, 6.07) is 0. The van der Waals surface area contributed by atoms with Gasteiger partial charge in [0.1, 0.15) is 0 Å². The van der Waals surface area contributed by atoms with Gasteiger partial charge in [0.15, 0.2) is 6.29 Å².